The predicted molar refractivity (Wildman–Crippen MR) is 85.6 cm³/mol. The first kappa shape index (κ1) is 16.5. The van der Waals surface area contributed by atoms with Gasteiger partial charge >= 0.3 is 0 Å². The van der Waals surface area contributed by atoms with Gasteiger partial charge in [-0.25, -0.2) is 0 Å². The molecule has 0 aliphatic carbocycles. The highest BCUT2D eigenvalue weighted by atomic mass is 32.2. The molecule has 2 nitrogen and oxygen atoms in total. The first-order valence-corrected chi connectivity index (χ1v) is 8.33. The summed E-state index contributed by atoms with van der Waals surface area (Å²) in [4.78, 5) is 0. The molecule has 0 fully saturated rings. The number of rotatable bonds is 10. The van der Waals surface area contributed by atoms with Gasteiger partial charge < -0.3 is 10.4 Å². The van der Waals surface area contributed by atoms with E-state index in [-0.39, 0.29) is 12.1 Å². The first-order chi connectivity index (χ1) is 9.20. The summed E-state index contributed by atoms with van der Waals surface area (Å²) in [6.45, 7) is 5.33. The van der Waals surface area contributed by atoms with E-state index in [1.165, 1.54) is 24.2 Å². The Morgan fingerprint density at radius 3 is 2.58 bits per heavy atom. The molecule has 0 aliphatic heterocycles. The molecule has 0 bridgehead atoms. The number of hydrogen-bond donors (Lipinski definition) is 2. The number of aliphatic hydroxyl groups excluding tert-OH is 1. The number of nitrogens with one attached hydrogen (secondary N) is 1. The van der Waals surface area contributed by atoms with E-state index in [0.29, 0.717) is 0 Å². The smallest absolute Gasteiger partial charge is 0.0610 e. The summed E-state index contributed by atoms with van der Waals surface area (Å²) in [6, 6.07) is 10.6. The molecule has 0 aliphatic rings. The van der Waals surface area contributed by atoms with Crippen LogP contribution in [0.3, 0.4) is 0 Å². The second-order valence-corrected chi connectivity index (χ2v) is 6.35. The molecule has 0 saturated heterocycles. The first-order valence-electron chi connectivity index (χ1n) is 7.18. The topological polar surface area (TPSA) is 32.3 Å². The molecular formula is C16H27NOS. The van der Waals surface area contributed by atoms with Gasteiger partial charge in [0.1, 0.15) is 0 Å². The van der Waals surface area contributed by atoms with Crippen LogP contribution in [0.15, 0.2) is 30.3 Å². The van der Waals surface area contributed by atoms with Crippen LogP contribution in [0.25, 0.3) is 0 Å². The lowest BCUT2D eigenvalue weighted by molar-refractivity contribution is 0.165. The van der Waals surface area contributed by atoms with Gasteiger partial charge in [-0.3, -0.25) is 0 Å². The third-order valence-electron chi connectivity index (χ3n) is 3.33. The standard InChI is InChI=1S/C16H27NOS/c1-3-17-16(2,14-18)11-7-8-12-19-13-15-9-5-4-6-10-15/h4-6,9-10,17-18H,3,7-8,11-14H2,1-2H3. The lowest BCUT2D eigenvalue weighted by Gasteiger charge is -2.28. The van der Waals surface area contributed by atoms with Gasteiger partial charge in [0.05, 0.1) is 6.61 Å². The maximum Gasteiger partial charge on any atom is 0.0610 e. The molecule has 1 unspecified atom stereocenters. The van der Waals surface area contributed by atoms with Crippen molar-refractivity contribution < 1.29 is 5.11 Å². The Kier molecular flexibility index (Phi) is 8.19. The van der Waals surface area contributed by atoms with Crippen molar-refractivity contribution in [3.8, 4) is 0 Å². The largest absolute Gasteiger partial charge is 0.394 e. The van der Waals surface area contributed by atoms with E-state index in [4.69, 9.17) is 0 Å². The number of aliphatic hydroxyl groups is 1. The van der Waals surface area contributed by atoms with Gasteiger partial charge in [0, 0.05) is 11.3 Å². The number of thioether (sulfide) groups is 1. The lowest BCUT2D eigenvalue weighted by Crippen LogP contribution is -2.45. The van der Waals surface area contributed by atoms with Crippen LogP contribution in [0.4, 0.5) is 0 Å². The summed E-state index contributed by atoms with van der Waals surface area (Å²) in [7, 11) is 0. The number of hydrogen-bond acceptors (Lipinski definition) is 3. The van der Waals surface area contributed by atoms with Crippen LogP contribution in [0.5, 0.6) is 0 Å². The number of unbranched alkanes of at least 4 members (excludes halogenated alkanes) is 1. The van der Waals surface area contributed by atoms with Crippen LogP contribution in [0.2, 0.25) is 0 Å². The SMILES string of the molecule is CCNC(C)(CO)CCCCSCc1ccccc1. The van der Waals surface area contributed by atoms with Gasteiger partial charge in [0.25, 0.3) is 0 Å². The van der Waals surface area contributed by atoms with Crippen molar-refractivity contribution in [1.82, 2.24) is 5.32 Å². The van der Waals surface area contributed by atoms with Gasteiger partial charge in [-0.15, -0.1) is 0 Å². The van der Waals surface area contributed by atoms with Crippen LogP contribution < -0.4 is 5.32 Å². The third kappa shape index (κ3) is 7.00. The second-order valence-electron chi connectivity index (χ2n) is 5.24. The zero-order valence-corrected chi connectivity index (χ0v) is 13.0. The Hall–Kier alpha value is -0.510. The minimum atomic E-state index is -0.0984. The molecule has 108 valence electrons. The molecule has 0 aromatic heterocycles. The Bertz CT molecular complexity index is 331. The number of benzene rings is 1. The average molecular weight is 281 g/mol. The monoisotopic (exact) mass is 281 g/mol. The highest BCUT2D eigenvalue weighted by Crippen LogP contribution is 2.17. The minimum Gasteiger partial charge on any atom is -0.394 e. The van der Waals surface area contributed by atoms with Crippen molar-refractivity contribution in [2.75, 3.05) is 18.9 Å². The van der Waals surface area contributed by atoms with E-state index in [2.05, 4.69) is 49.5 Å². The number of likely N-dealkylation sites (N-methyl/N-ethyl adjacent to an activating group) is 1. The van der Waals surface area contributed by atoms with Crippen molar-refractivity contribution in [1.29, 1.82) is 0 Å². The zero-order chi connectivity index (χ0) is 14.0. The van der Waals surface area contributed by atoms with Crippen LogP contribution in [0, 0.1) is 0 Å². The van der Waals surface area contributed by atoms with Gasteiger partial charge in [-0.1, -0.05) is 43.7 Å². The highest BCUT2D eigenvalue weighted by molar-refractivity contribution is 7.98. The Morgan fingerprint density at radius 1 is 1.21 bits per heavy atom. The molecular weight excluding hydrogens is 254 g/mol. The molecule has 0 amide bonds. The molecule has 19 heavy (non-hydrogen) atoms. The van der Waals surface area contributed by atoms with E-state index < -0.39 is 0 Å². The van der Waals surface area contributed by atoms with E-state index >= 15 is 0 Å². The van der Waals surface area contributed by atoms with E-state index in [1.807, 2.05) is 11.8 Å². The Labute approximate surface area is 122 Å². The summed E-state index contributed by atoms with van der Waals surface area (Å²) in [5, 5.41) is 12.8. The van der Waals surface area contributed by atoms with Crippen molar-refractivity contribution in [2.45, 2.75) is 44.4 Å². The quantitative estimate of drug-likeness (QED) is 0.644. The van der Waals surface area contributed by atoms with E-state index in [1.54, 1.807) is 0 Å². The fourth-order valence-electron chi connectivity index (χ4n) is 2.13. The molecule has 3 heteroatoms. The maximum atomic E-state index is 9.40. The summed E-state index contributed by atoms with van der Waals surface area (Å²) < 4.78 is 0. The summed E-state index contributed by atoms with van der Waals surface area (Å²) in [6.07, 6.45) is 3.44. The molecule has 0 radical (unpaired) electrons. The van der Waals surface area contributed by atoms with E-state index in [9.17, 15) is 5.11 Å². The fourth-order valence-corrected chi connectivity index (χ4v) is 3.11. The van der Waals surface area contributed by atoms with Crippen LogP contribution in [-0.2, 0) is 5.75 Å². The molecule has 0 spiro atoms. The van der Waals surface area contributed by atoms with Crippen molar-refractivity contribution in [2.24, 2.45) is 0 Å². The Morgan fingerprint density at radius 2 is 1.95 bits per heavy atom. The molecule has 1 rings (SSSR count). The van der Waals surface area contributed by atoms with Crippen LogP contribution in [0.1, 0.15) is 38.7 Å². The molecule has 0 saturated carbocycles. The third-order valence-corrected chi connectivity index (χ3v) is 4.45. The van der Waals surface area contributed by atoms with E-state index in [0.717, 1.165) is 18.7 Å². The fraction of sp³-hybridized carbons (Fsp3) is 0.625. The highest BCUT2D eigenvalue weighted by Gasteiger charge is 2.20. The summed E-state index contributed by atoms with van der Waals surface area (Å²) >= 11 is 1.99. The van der Waals surface area contributed by atoms with Crippen molar-refractivity contribution >= 4 is 11.8 Å². The molecule has 0 heterocycles. The van der Waals surface area contributed by atoms with Crippen molar-refractivity contribution in [3.05, 3.63) is 35.9 Å². The normalized spacial score (nSPS) is 14.3. The minimum absolute atomic E-state index is 0.0984. The molecule has 1 atom stereocenters. The van der Waals surface area contributed by atoms with Gasteiger partial charge in [-0.05, 0) is 37.6 Å². The van der Waals surface area contributed by atoms with Crippen LogP contribution in [-0.4, -0.2) is 29.5 Å². The summed E-state index contributed by atoms with van der Waals surface area (Å²) in [5.74, 6) is 2.30. The second kappa shape index (κ2) is 9.40. The molecule has 1 aromatic rings. The lowest BCUT2D eigenvalue weighted by atomic mass is 9.96. The molecule has 1 aromatic carbocycles. The van der Waals surface area contributed by atoms with Gasteiger partial charge in [0.2, 0.25) is 0 Å². The summed E-state index contributed by atoms with van der Waals surface area (Å²) in [5.41, 5.74) is 1.30. The zero-order valence-electron chi connectivity index (χ0n) is 12.2. The molecule has 2 N–H and O–H groups in total. The van der Waals surface area contributed by atoms with Gasteiger partial charge in [0.15, 0.2) is 0 Å². The predicted octanol–water partition coefficient (Wildman–Crippen LogP) is 3.45. The van der Waals surface area contributed by atoms with Crippen molar-refractivity contribution in [3.63, 3.8) is 0 Å². The average Bonchev–Trinajstić information content (AvgIpc) is 2.44. The van der Waals surface area contributed by atoms with Gasteiger partial charge in [-0.2, -0.15) is 11.8 Å². The van der Waals surface area contributed by atoms with Crippen LogP contribution >= 0.6 is 11.8 Å². The Balaban J connectivity index is 2.08. The maximum absolute atomic E-state index is 9.40.